The minimum absolute atomic E-state index is 0.0386. The van der Waals surface area contributed by atoms with Crippen LogP contribution in [0.15, 0.2) is 48.6 Å². The van der Waals surface area contributed by atoms with Crippen LogP contribution in [-0.4, -0.2) is 60.5 Å². The van der Waals surface area contributed by atoms with Crippen LogP contribution in [0.4, 0.5) is 0 Å². The van der Waals surface area contributed by atoms with Gasteiger partial charge in [0, 0.05) is 19.4 Å². The number of phosphoric ester groups is 1. The first-order valence-electron chi connectivity index (χ1n) is 24.2. The topological polar surface area (TPSA) is 155 Å². The summed E-state index contributed by atoms with van der Waals surface area (Å²) < 4.78 is 32.8. The van der Waals surface area contributed by atoms with Crippen molar-refractivity contribution >= 4 is 19.8 Å². The Kier molecular flexibility index (Phi) is 43.4. The fourth-order valence-electron chi connectivity index (χ4n) is 6.61. The lowest BCUT2D eigenvalue weighted by molar-refractivity contribution is -0.161. The van der Waals surface area contributed by atoms with Crippen LogP contribution in [0.3, 0.4) is 0 Å². The van der Waals surface area contributed by atoms with Crippen molar-refractivity contribution in [3.63, 3.8) is 0 Å². The minimum atomic E-state index is -4.40. The summed E-state index contributed by atoms with van der Waals surface area (Å²) in [7, 11) is -4.40. The molecule has 0 aromatic heterocycles. The van der Waals surface area contributed by atoms with E-state index < -0.39 is 32.5 Å². The van der Waals surface area contributed by atoms with Crippen molar-refractivity contribution in [3.05, 3.63) is 48.6 Å². The molecule has 60 heavy (non-hydrogen) atoms. The van der Waals surface area contributed by atoms with Crippen molar-refractivity contribution in [1.82, 2.24) is 0 Å². The first-order chi connectivity index (χ1) is 29.2. The number of unbranched alkanes of at least 4 members (excludes halogenated alkanes) is 21. The number of nitrogens with two attached hydrogens (primary N) is 1. The van der Waals surface area contributed by atoms with Gasteiger partial charge in [-0.2, -0.15) is 0 Å². The third kappa shape index (κ3) is 44.0. The van der Waals surface area contributed by atoms with Crippen LogP contribution in [0, 0.1) is 0 Å². The fraction of sp³-hybridized carbons (Fsp3) is 0.796. The van der Waals surface area contributed by atoms with Gasteiger partial charge in [0.1, 0.15) is 6.61 Å². The largest absolute Gasteiger partial charge is 0.472 e. The van der Waals surface area contributed by atoms with E-state index in [1.54, 1.807) is 0 Å². The lowest BCUT2D eigenvalue weighted by Crippen LogP contribution is -2.29. The molecule has 0 aromatic rings. The van der Waals surface area contributed by atoms with E-state index in [0.29, 0.717) is 12.8 Å². The molecule has 0 aliphatic heterocycles. The van der Waals surface area contributed by atoms with E-state index in [0.717, 1.165) is 57.8 Å². The third-order valence-corrected chi connectivity index (χ3v) is 11.4. The molecule has 0 aliphatic carbocycles. The van der Waals surface area contributed by atoms with Crippen LogP contribution in [0.25, 0.3) is 0 Å². The lowest BCUT2D eigenvalue weighted by atomic mass is 10.0. The molecule has 0 aromatic carbocycles. The number of hydrogen-bond donors (Lipinski definition) is 3. The summed E-state index contributed by atoms with van der Waals surface area (Å²) in [5.41, 5.74) is 5.35. The standard InChI is InChI=1S/C49H90NO9P/c1-3-5-6-7-8-9-10-11-12-13-14-15-16-17-18-22-25-28-31-34-37-40-48(52)56-44-47(45-58-60(54,55)57-43-42-50)59-49(53)41-38-35-32-29-26-23-20-19-21-24-27-30-33-36-39-46(51)4-2/h20-21,23-24,29-30,32-33,46-47,51H,3-19,22,25-28,31,34-45,50H2,1-2H3,(H,54,55)/b23-20-,24-21-,32-29-,33-30-/t46-,47-/m1/s1. The van der Waals surface area contributed by atoms with Gasteiger partial charge in [-0.25, -0.2) is 4.57 Å². The molecule has 0 saturated carbocycles. The van der Waals surface area contributed by atoms with Crippen LogP contribution in [0.2, 0.25) is 0 Å². The fourth-order valence-corrected chi connectivity index (χ4v) is 7.37. The van der Waals surface area contributed by atoms with Gasteiger partial charge >= 0.3 is 19.8 Å². The van der Waals surface area contributed by atoms with E-state index in [2.05, 4.69) is 49.5 Å². The van der Waals surface area contributed by atoms with E-state index in [9.17, 15) is 24.2 Å². The lowest BCUT2D eigenvalue weighted by Gasteiger charge is -2.19. The molecule has 0 aliphatic rings. The van der Waals surface area contributed by atoms with Gasteiger partial charge in [-0.15, -0.1) is 0 Å². The molecule has 0 saturated heterocycles. The van der Waals surface area contributed by atoms with Gasteiger partial charge in [0.2, 0.25) is 0 Å². The third-order valence-electron chi connectivity index (χ3n) is 10.4. The highest BCUT2D eigenvalue weighted by Crippen LogP contribution is 2.43. The number of esters is 2. The van der Waals surface area contributed by atoms with Crippen molar-refractivity contribution in [1.29, 1.82) is 0 Å². The van der Waals surface area contributed by atoms with Crippen molar-refractivity contribution < 1.29 is 42.7 Å². The van der Waals surface area contributed by atoms with E-state index in [4.69, 9.17) is 24.3 Å². The van der Waals surface area contributed by atoms with Crippen LogP contribution in [-0.2, 0) is 32.7 Å². The van der Waals surface area contributed by atoms with E-state index >= 15 is 0 Å². The normalized spacial score (nSPS) is 14.2. The zero-order valence-electron chi connectivity index (χ0n) is 38.3. The summed E-state index contributed by atoms with van der Waals surface area (Å²) in [5.74, 6) is -0.906. The molecule has 4 N–H and O–H groups in total. The first-order valence-corrected chi connectivity index (χ1v) is 25.7. The quantitative estimate of drug-likeness (QED) is 0.0233. The maximum atomic E-state index is 12.6. The number of aliphatic hydroxyl groups is 1. The Balaban J connectivity index is 4.14. The first kappa shape index (κ1) is 57.9. The highest BCUT2D eigenvalue weighted by atomic mass is 31.2. The Labute approximate surface area is 367 Å². The van der Waals surface area contributed by atoms with Gasteiger partial charge in [-0.1, -0.05) is 191 Å². The SMILES string of the molecule is CCCCCCCCCCCCCCCCCCCCCCCC(=O)OC[C@H](COP(=O)(O)OCCN)OC(=O)CCC/C=C\C/C=C\C/C=C\C/C=C\CC[C@H](O)CC. The second kappa shape index (κ2) is 45.0. The number of rotatable bonds is 45. The second-order valence-electron chi connectivity index (χ2n) is 16.1. The number of carbonyl (C=O) groups excluding carboxylic acids is 2. The summed E-state index contributed by atoms with van der Waals surface area (Å²) >= 11 is 0. The molecule has 0 radical (unpaired) electrons. The molecule has 1 unspecified atom stereocenters. The van der Waals surface area contributed by atoms with Crippen LogP contribution >= 0.6 is 7.82 Å². The Morgan fingerprint density at radius 3 is 1.47 bits per heavy atom. The van der Waals surface area contributed by atoms with Crippen molar-refractivity contribution in [2.75, 3.05) is 26.4 Å². The predicted octanol–water partition coefficient (Wildman–Crippen LogP) is 13.3. The molecule has 0 rings (SSSR count). The monoisotopic (exact) mass is 868 g/mol. The van der Waals surface area contributed by atoms with Gasteiger partial charge in [0.15, 0.2) is 6.10 Å². The molecule has 0 amide bonds. The van der Waals surface area contributed by atoms with Crippen molar-refractivity contribution in [2.24, 2.45) is 5.73 Å². The molecule has 0 heterocycles. The smallest absolute Gasteiger partial charge is 0.462 e. The number of ether oxygens (including phenoxy) is 2. The Morgan fingerprint density at radius 1 is 0.567 bits per heavy atom. The molecule has 0 fully saturated rings. The number of phosphoric acid groups is 1. The highest BCUT2D eigenvalue weighted by Gasteiger charge is 2.26. The average molecular weight is 868 g/mol. The zero-order valence-corrected chi connectivity index (χ0v) is 39.2. The van der Waals surface area contributed by atoms with Gasteiger partial charge in [-0.3, -0.25) is 18.6 Å². The summed E-state index contributed by atoms with van der Waals surface area (Å²) in [6.45, 7) is 3.40. The summed E-state index contributed by atoms with van der Waals surface area (Å²) in [5, 5.41) is 9.57. The van der Waals surface area contributed by atoms with E-state index in [1.165, 1.54) is 116 Å². The maximum Gasteiger partial charge on any atom is 0.472 e. The Bertz CT molecular complexity index is 1140. The second-order valence-corrected chi connectivity index (χ2v) is 17.6. The number of carbonyl (C=O) groups is 2. The molecular weight excluding hydrogens is 778 g/mol. The number of allylic oxidation sites excluding steroid dienone is 8. The van der Waals surface area contributed by atoms with Crippen LogP contribution < -0.4 is 5.73 Å². The van der Waals surface area contributed by atoms with E-state index in [1.807, 2.05) is 13.0 Å². The minimum Gasteiger partial charge on any atom is -0.462 e. The molecule has 350 valence electrons. The Hall–Kier alpha value is -2.07. The van der Waals surface area contributed by atoms with Gasteiger partial charge in [-0.05, 0) is 57.8 Å². The van der Waals surface area contributed by atoms with Crippen LogP contribution in [0.1, 0.15) is 213 Å². The molecule has 3 atom stereocenters. The molecule has 11 heteroatoms. The Morgan fingerprint density at radius 2 is 1.00 bits per heavy atom. The number of aliphatic hydroxyl groups excluding tert-OH is 1. The van der Waals surface area contributed by atoms with Gasteiger partial charge in [0.05, 0.1) is 19.3 Å². The number of hydrogen-bond acceptors (Lipinski definition) is 9. The molecule has 0 spiro atoms. The summed E-state index contributed by atoms with van der Waals surface area (Å²) in [6.07, 6.45) is 49.6. The molecule has 10 nitrogen and oxygen atoms in total. The van der Waals surface area contributed by atoms with Gasteiger partial charge in [0.25, 0.3) is 0 Å². The van der Waals surface area contributed by atoms with Crippen molar-refractivity contribution in [2.45, 2.75) is 225 Å². The molecular formula is C49H90NO9P. The zero-order chi connectivity index (χ0) is 44.0. The predicted molar refractivity (Wildman–Crippen MR) is 249 cm³/mol. The maximum absolute atomic E-state index is 12.6. The van der Waals surface area contributed by atoms with Gasteiger partial charge < -0.3 is 25.2 Å². The van der Waals surface area contributed by atoms with E-state index in [-0.39, 0.29) is 38.7 Å². The van der Waals surface area contributed by atoms with Crippen molar-refractivity contribution in [3.8, 4) is 0 Å². The van der Waals surface area contributed by atoms with Crippen LogP contribution in [0.5, 0.6) is 0 Å². The highest BCUT2D eigenvalue weighted by molar-refractivity contribution is 7.47. The summed E-state index contributed by atoms with van der Waals surface area (Å²) in [6, 6.07) is 0. The molecule has 0 bridgehead atoms. The average Bonchev–Trinajstić information content (AvgIpc) is 3.24. The summed E-state index contributed by atoms with van der Waals surface area (Å²) in [4.78, 5) is 34.9.